The highest BCUT2D eigenvalue weighted by molar-refractivity contribution is 7.15. The zero-order chi connectivity index (χ0) is 17.8. The number of aromatic nitrogens is 2. The van der Waals surface area contributed by atoms with E-state index in [1.54, 1.807) is 0 Å². The number of benzene rings is 2. The molecule has 1 atom stereocenters. The molecule has 1 heterocycles. The molecule has 1 amide bonds. The molecular weight excluding hydrogens is 330 g/mol. The van der Waals surface area contributed by atoms with E-state index in [9.17, 15) is 4.79 Å². The molecule has 0 aliphatic rings. The van der Waals surface area contributed by atoms with E-state index in [-0.39, 0.29) is 5.91 Å². The molecule has 128 valence electrons. The van der Waals surface area contributed by atoms with E-state index in [4.69, 9.17) is 0 Å². The normalized spacial score (nSPS) is 12.0. The van der Waals surface area contributed by atoms with Gasteiger partial charge in [-0.3, -0.25) is 10.1 Å². The second-order valence-electron chi connectivity index (χ2n) is 6.27. The molecule has 4 nitrogen and oxygen atoms in total. The predicted molar refractivity (Wildman–Crippen MR) is 102 cm³/mol. The van der Waals surface area contributed by atoms with Gasteiger partial charge >= 0.3 is 0 Å². The second-order valence-corrected chi connectivity index (χ2v) is 7.33. The number of amides is 1. The Bertz CT molecular complexity index is 874. The van der Waals surface area contributed by atoms with E-state index in [1.807, 2.05) is 50.2 Å². The smallest absolute Gasteiger partial charge is 0.257 e. The zero-order valence-corrected chi connectivity index (χ0v) is 15.4. The van der Waals surface area contributed by atoms with Crippen LogP contribution in [0.25, 0.3) is 0 Å². The van der Waals surface area contributed by atoms with Gasteiger partial charge in [0, 0.05) is 12.0 Å². The highest BCUT2D eigenvalue weighted by Gasteiger charge is 2.13. The van der Waals surface area contributed by atoms with Crippen molar-refractivity contribution in [3.63, 3.8) is 0 Å². The summed E-state index contributed by atoms with van der Waals surface area (Å²) in [5.74, 6) is 0.208. The van der Waals surface area contributed by atoms with Gasteiger partial charge in [0.15, 0.2) is 0 Å². The first-order valence-electron chi connectivity index (χ1n) is 8.29. The molecule has 1 N–H and O–H groups in total. The third kappa shape index (κ3) is 4.31. The Morgan fingerprint density at radius 1 is 1.08 bits per heavy atom. The number of carbonyl (C=O) groups excluding carboxylic acids is 1. The quantitative estimate of drug-likeness (QED) is 0.721. The zero-order valence-electron chi connectivity index (χ0n) is 14.6. The Hall–Kier alpha value is -2.53. The van der Waals surface area contributed by atoms with Gasteiger partial charge in [0.2, 0.25) is 5.13 Å². The minimum atomic E-state index is -0.151. The van der Waals surface area contributed by atoms with Crippen molar-refractivity contribution in [3.05, 3.63) is 75.8 Å². The Morgan fingerprint density at radius 2 is 1.84 bits per heavy atom. The summed E-state index contributed by atoms with van der Waals surface area (Å²) in [5, 5.41) is 12.6. The Kier molecular flexibility index (Phi) is 5.24. The summed E-state index contributed by atoms with van der Waals surface area (Å²) in [6.45, 7) is 6.20. The van der Waals surface area contributed by atoms with Crippen molar-refractivity contribution in [2.45, 2.75) is 33.1 Å². The number of nitrogens with zero attached hydrogens (tertiary/aromatic N) is 2. The molecular formula is C20H21N3OS. The van der Waals surface area contributed by atoms with Crippen LogP contribution in [-0.2, 0) is 6.42 Å². The fourth-order valence-electron chi connectivity index (χ4n) is 2.60. The third-order valence-electron chi connectivity index (χ3n) is 4.31. The lowest BCUT2D eigenvalue weighted by molar-refractivity contribution is 0.102. The first-order valence-corrected chi connectivity index (χ1v) is 9.10. The summed E-state index contributed by atoms with van der Waals surface area (Å²) in [7, 11) is 0. The Morgan fingerprint density at radius 3 is 2.56 bits per heavy atom. The molecule has 1 unspecified atom stereocenters. The molecule has 0 saturated heterocycles. The van der Waals surface area contributed by atoms with Crippen molar-refractivity contribution >= 4 is 22.4 Å². The highest BCUT2D eigenvalue weighted by atomic mass is 32.1. The van der Waals surface area contributed by atoms with Crippen LogP contribution in [0.5, 0.6) is 0 Å². The van der Waals surface area contributed by atoms with Gasteiger partial charge in [-0.2, -0.15) is 0 Å². The van der Waals surface area contributed by atoms with Gasteiger partial charge in [-0.05, 0) is 48.6 Å². The van der Waals surface area contributed by atoms with Crippen LogP contribution in [-0.4, -0.2) is 16.1 Å². The van der Waals surface area contributed by atoms with Crippen LogP contribution in [0.1, 0.15) is 44.9 Å². The first kappa shape index (κ1) is 17.3. The molecule has 3 aromatic rings. The number of aryl methyl sites for hydroxylation is 2. The minimum Gasteiger partial charge on any atom is -0.296 e. The predicted octanol–water partition coefficient (Wildman–Crippen LogP) is 4.75. The Labute approximate surface area is 151 Å². The molecule has 2 aromatic carbocycles. The standard InChI is InChI=1S/C20H21N3OS/c1-13-9-10-17(11-14(13)2)19(24)21-20-23-22-18(25-20)12-15(3)16-7-5-4-6-8-16/h4-11,15H,12H2,1-3H3,(H,21,23,24). The maximum atomic E-state index is 12.4. The van der Waals surface area contributed by atoms with Gasteiger partial charge in [0.1, 0.15) is 5.01 Å². The molecule has 0 bridgehead atoms. The van der Waals surface area contributed by atoms with E-state index in [1.165, 1.54) is 22.5 Å². The van der Waals surface area contributed by atoms with Gasteiger partial charge in [0.25, 0.3) is 5.91 Å². The fourth-order valence-corrected chi connectivity index (χ4v) is 3.46. The van der Waals surface area contributed by atoms with Gasteiger partial charge in [-0.25, -0.2) is 0 Å². The van der Waals surface area contributed by atoms with Crippen LogP contribution < -0.4 is 5.32 Å². The lowest BCUT2D eigenvalue weighted by atomic mass is 9.98. The van der Waals surface area contributed by atoms with Crippen LogP contribution >= 0.6 is 11.3 Å². The molecule has 1 aromatic heterocycles. The van der Waals surface area contributed by atoms with E-state index in [0.29, 0.717) is 16.6 Å². The summed E-state index contributed by atoms with van der Waals surface area (Å²) in [4.78, 5) is 12.4. The molecule has 0 spiro atoms. The number of hydrogen-bond acceptors (Lipinski definition) is 4. The van der Waals surface area contributed by atoms with Crippen LogP contribution in [0, 0.1) is 13.8 Å². The van der Waals surface area contributed by atoms with Crippen LogP contribution in [0.4, 0.5) is 5.13 Å². The largest absolute Gasteiger partial charge is 0.296 e. The number of carbonyl (C=O) groups is 1. The molecule has 0 aliphatic heterocycles. The topological polar surface area (TPSA) is 54.9 Å². The number of anilines is 1. The number of rotatable bonds is 5. The lowest BCUT2D eigenvalue weighted by Gasteiger charge is -2.08. The van der Waals surface area contributed by atoms with Crippen molar-refractivity contribution in [1.82, 2.24) is 10.2 Å². The average molecular weight is 351 g/mol. The summed E-state index contributed by atoms with van der Waals surface area (Å²) in [5.41, 5.74) is 4.18. The van der Waals surface area contributed by atoms with Crippen molar-refractivity contribution < 1.29 is 4.79 Å². The highest BCUT2D eigenvalue weighted by Crippen LogP contribution is 2.24. The van der Waals surface area contributed by atoms with E-state index in [2.05, 4.69) is 34.6 Å². The van der Waals surface area contributed by atoms with Gasteiger partial charge in [-0.15, -0.1) is 10.2 Å². The van der Waals surface area contributed by atoms with E-state index in [0.717, 1.165) is 17.0 Å². The number of nitrogens with one attached hydrogen (secondary N) is 1. The SMILES string of the molecule is Cc1ccc(C(=O)Nc2nnc(CC(C)c3ccccc3)s2)cc1C. The van der Waals surface area contributed by atoms with Crippen molar-refractivity contribution in [2.24, 2.45) is 0 Å². The van der Waals surface area contributed by atoms with Gasteiger partial charge in [0.05, 0.1) is 0 Å². The molecule has 25 heavy (non-hydrogen) atoms. The lowest BCUT2D eigenvalue weighted by Crippen LogP contribution is -2.12. The molecule has 5 heteroatoms. The molecule has 0 saturated carbocycles. The second kappa shape index (κ2) is 7.57. The molecule has 3 rings (SSSR count). The van der Waals surface area contributed by atoms with Crippen molar-refractivity contribution in [2.75, 3.05) is 5.32 Å². The van der Waals surface area contributed by atoms with Crippen LogP contribution in [0.3, 0.4) is 0 Å². The monoisotopic (exact) mass is 351 g/mol. The van der Waals surface area contributed by atoms with Gasteiger partial charge < -0.3 is 0 Å². The van der Waals surface area contributed by atoms with Gasteiger partial charge in [-0.1, -0.05) is 54.7 Å². The summed E-state index contributed by atoms with van der Waals surface area (Å²) < 4.78 is 0. The summed E-state index contributed by atoms with van der Waals surface area (Å²) in [6, 6.07) is 16.0. The number of hydrogen-bond donors (Lipinski definition) is 1. The third-order valence-corrected chi connectivity index (χ3v) is 5.17. The van der Waals surface area contributed by atoms with Crippen LogP contribution in [0.15, 0.2) is 48.5 Å². The maximum absolute atomic E-state index is 12.4. The summed E-state index contributed by atoms with van der Waals surface area (Å²) >= 11 is 1.43. The molecule has 0 radical (unpaired) electrons. The van der Waals surface area contributed by atoms with E-state index >= 15 is 0 Å². The van der Waals surface area contributed by atoms with Crippen molar-refractivity contribution in [3.8, 4) is 0 Å². The average Bonchev–Trinajstić information content (AvgIpc) is 3.04. The summed E-state index contributed by atoms with van der Waals surface area (Å²) in [6.07, 6.45) is 0.807. The molecule has 0 fully saturated rings. The Balaban J connectivity index is 1.65. The van der Waals surface area contributed by atoms with Crippen molar-refractivity contribution in [1.29, 1.82) is 0 Å². The first-order chi connectivity index (χ1) is 12.0. The van der Waals surface area contributed by atoms with E-state index < -0.39 is 0 Å². The molecule has 0 aliphatic carbocycles. The fraction of sp³-hybridized carbons (Fsp3) is 0.250. The maximum Gasteiger partial charge on any atom is 0.257 e. The minimum absolute atomic E-state index is 0.151. The van der Waals surface area contributed by atoms with Crippen LogP contribution in [0.2, 0.25) is 0 Å².